The van der Waals surface area contributed by atoms with Crippen molar-refractivity contribution in [3.8, 4) is 0 Å². The summed E-state index contributed by atoms with van der Waals surface area (Å²) in [5, 5.41) is 14.7. The van der Waals surface area contributed by atoms with Gasteiger partial charge in [-0.15, -0.1) is 0 Å². The van der Waals surface area contributed by atoms with Crippen LogP contribution in [-0.4, -0.2) is 41.5 Å². The maximum Gasteiger partial charge on any atom is 0.222 e. The number of halogens is 1. The number of likely N-dealkylation sites (N-methyl/N-ethyl adjacent to an activating group) is 1. The van der Waals surface area contributed by atoms with Gasteiger partial charge < -0.3 is 21.2 Å². The molecule has 0 saturated carbocycles. The van der Waals surface area contributed by atoms with Crippen molar-refractivity contribution in [2.45, 2.75) is 25.4 Å². The lowest BCUT2D eigenvalue weighted by molar-refractivity contribution is -0.132. The van der Waals surface area contributed by atoms with Crippen LogP contribution in [-0.2, 0) is 11.3 Å². The van der Waals surface area contributed by atoms with Crippen molar-refractivity contribution in [1.82, 2.24) is 10.2 Å². The minimum absolute atomic E-state index is 0.124. The molecule has 21 heavy (non-hydrogen) atoms. The van der Waals surface area contributed by atoms with E-state index >= 15 is 0 Å². The molecule has 1 aliphatic rings. The molecule has 0 aliphatic carbocycles. The monoisotopic (exact) mass is 294 g/mol. The van der Waals surface area contributed by atoms with Gasteiger partial charge in [0, 0.05) is 43.7 Å². The van der Waals surface area contributed by atoms with Gasteiger partial charge in [0.1, 0.15) is 5.82 Å². The van der Waals surface area contributed by atoms with E-state index in [0.29, 0.717) is 30.6 Å². The Balaban J connectivity index is 1.96. The van der Waals surface area contributed by atoms with Gasteiger partial charge in [-0.1, -0.05) is 17.3 Å². The molecule has 2 rings (SSSR count). The second-order valence-corrected chi connectivity index (χ2v) is 5.18. The maximum atomic E-state index is 13.9. The van der Waals surface area contributed by atoms with Crippen LogP contribution in [0, 0.1) is 5.82 Å². The van der Waals surface area contributed by atoms with Crippen LogP contribution in [0.2, 0.25) is 0 Å². The molecule has 1 saturated heterocycles. The molecular formula is C14H19FN4O2. The molecule has 4 N–H and O–H groups in total. The summed E-state index contributed by atoms with van der Waals surface area (Å²) in [5.74, 6) is -0.394. The zero-order chi connectivity index (χ0) is 15.4. The predicted molar refractivity (Wildman–Crippen MR) is 76.4 cm³/mol. The zero-order valence-electron chi connectivity index (χ0n) is 11.8. The fourth-order valence-electron chi connectivity index (χ4n) is 2.34. The molecule has 1 heterocycles. The summed E-state index contributed by atoms with van der Waals surface area (Å²) in [6.07, 6.45) is 1.27. The Morgan fingerprint density at radius 1 is 1.62 bits per heavy atom. The maximum absolute atomic E-state index is 13.9. The first-order chi connectivity index (χ1) is 10.0. The average molecular weight is 294 g/mol. The third kappa shape index (κ3) is 3.69. The minimum atomic E-state index is -0.410. The normalized spacial score (nSPS) is 19.9. The Hall–Kier alpha value is -2.15. The fraction of sp³-hybridized carbons (Fsp3) is 0.429. The summed E-state index contributed by atoms with van der Waals surface area (Å²) < 4.78 is 13.9. The first-order valence-corrected chi connectivity index (χ1v) is 6.75. The number of carbonyl (C=O) groups is 1. The third-order valence-corrected chi connectivity index (χ3v) is 3.66. The molecule has 1 aromatic carbocycles. The molecule has 0 aromatic heterocycles. The second-order valence-electron chi connectivity index (χ2n) is 5.18. The minimum Gasteiger partial charge on any atom is -0.409 e. The van der Waals surface area contributed by atoms with Crippen LogP contribution in [0.1, 0.15) is 24.0 Å². The Bertz CT molecular complexity index is 562. The van der Waals surface area contributed by atoms with Gasteiger partial charge in [-0.05, 0) is 12.5 Å². The van der Waals surface area contributed by atoms with Gasteiger partial charge in [-0.25, -0.2) is 4.39 Å². The number of nitrogens with two attached hydrogens (primary N) is 1. The molecule has 1 aromatic rings. The SMILES string of the molecule is CN1CC(NCc2ccc(C(N)=NO)cc2F)CCC1=O. The average Bonchev–Trinajstić information content (AvgIpc) is 2.48. The zero-order valence-corrected chi connectivity index (χ0v) is 11.8. The second kappa shape index (κ2) is 6.53. The largest absolute Gasteiger partial charge is 0.409 e. The van der Waals surface area contributed by atoms with Crippen molar-refractivity contribution in [1.29, 1.82) is 0 Å². The summed E-state index contributed by atoms with van der Waals surface area (Å²) in [6.45, 7) is 0.998. The molecule has 7 heteroatoms. The van der Waals surface area contributed by atoms with Crippen molar-refractivity contribution in [2.75, 3.05) is 13.6 Å². The van der Waals surface area contributed by atoms with Crippen LogP contribution >= 0.6 is 0 Å². The number of rotatable bonds is 4. The molecule has 1 amide bonds. The molecule has 1 unspecified atom stereocenters. The molecular weight excluding hydrogens is 275 g/mol. The summed E-state index contributed by atoms with van der Waals surface area (Å²) in [5.41, 5.74) is 6.25. The van der Waals surface area contributed by atoms with Crippen LogP contribution in [0.25, 0.3) is 0 Å². The van der Waals surface area contributed by atoms with Crippen LogP contribution < -0.4 is 11.1 Å². The smallest absolute Gasteiger partial charge is 0.222 e. The van der Waals surface area contributed by atoms with Gasteiger partial charge in [0.05, 0.1) is 0 Å². The highest BCUT2D eigenvalue weighted by atomic mass is 19.1. The highest BCUT2D eigenvalue weighted by Gasteiger charge is 2.22. The molecule has 0 spiro atoms. The first kappa shape index (κ1) is 15.2. The summed E-state index contributed by atoms with van der Waals surface area (Å²) in [4.78, 5) is 13.1. The van der Waals surface area contributed by atoms with E-state index in [1.165, 1.54) is 6.07 Å². The molecule has 0 bridgehead atoms. The molecule has 114 valence electrons. The summed E-state index contributed by atoms with van der Waals surface area (Å²) in [6, 6.07) is 4.61. The Morgan fingerprint density at radius 2 is 2.38 bits per heavy atom. The lowest BCUT2D eigenvalue weighted by Gasteiger charge is -2.30. The lowest BCUT2D eigenvalue weighted by Crippen LogP contribution is -2.46. The number of hydrogen-bond acceptors (Lipinski definition) is 4. The molecule has 1 fully saturated rings. The number of hydrogen-bond donors (Lipinski definition) is 3. The van der Waals surface area contributed by atoms with E-state index in [1.54, 1.807) is 24.1 Å². The number of likely N-dealkylation sites (tertiary alicyclic amines) is 1. The highest BCUT2D eigenvalue weighted by Crippen LogP contribution is 2.13. The summed E-state index contributed by atoms with van der Waals surface area (Å²) in [7, 11) is 1.77. The van der Waals surface area contributed by atoms with Gasteiger partial charge in [0.15, 0.2) is 5.84 Å². The number of amidine groups is 1. The van der Waals surface area contributed by atoms with E-state index in [-0.39, 0.29) is 17.8 Å². The highest BCUT2D eigenvalue weighted by molar-refractivity contribution is 5.97. The van der Waals surface area contributed by atoms with E-state index in [0.717, 1.165) is 6.42 Å². The number of carbonyl (C=O) groups excluding carboxylic acids is 1. The van der Waals surface area contributed by atoms with E-state index in [2.05, 4.69) is 10.5 Å². The van der Waals surface area contributed by atoms with E-state index in [1.807, 2.05) is 0 Å². The van der Waals surface area contributed by atoms with E-state index in [4.69, 9.17) is 10.9 Å². The van der Waals surface area contributed by atoms with Gasteiger partial charge in [-0.2, -0.15) is 0 Å². The van der Waals surface area contributed by atoms with Crippen molar-refractivity contribution in [3.05, 3.63) is 35.1 Å². The molecule has 1 aliphatic heterocycles. The van der Waals surface area contributed by atoms with Gasteiger partial charge in [0.25, 0.3) is 0 Å². The Morgan fingerprint density at radius 3 is 3.00 bits per heavy atom. The van der Waals surface area contributed by atoms with Gasteiger partial charge >= 0.3 is 0 Å². The number of piperidine rings is 1. The molecule has 0 radical (unpaired) electrons. The van der Waals surface area contributed by atoms with Crippen LogP contribution in [0.5, 0.6) is 0 Å². The number of nitrogens with zero attached hydrogens (tertiary/aromatic N) is 2. The van der Waals surface area contributed by atoms with Gasteiger partial charge in [-0.3, -0.25) is 4.79 Å². The Kier molecular flexibility index (Phi) is 4.74. The molecule has 6 nitrogen and oxygen atoms in total. The Labute approximate surface area is 122 Å². The van der Waals surface area contributed by atoms with Crippen molar-refractivity contribution < 1.29 is 14.4 Å². The quantitative estimate of drug-likeness (QED) is 0.329. The van der Waals surface area contributed by atoms with Gasteiger partial charge in [0.2, 0.25) is 5.91 Å². The summed E-state index contributed by atoms with van der Waals surface area (Å²) >= 11 is 0. The fourth-order valence-corrected chi connectivity index (χ4v) is 2.34. The first-order valence-electron chi connectivity index (χ1n) is 6.75. The third-order valence-electron chi connectivity index (χ3n) is 3.66. The number of amides is 1. The van der Waals surface area contributed by atoms with Crippen molar-refractivity contribution >= 4 is 11.7 Å². The standard InChI is InChI=1S/C14H19FN4O2/c1-19-8-11(4-5-13(19)20)17-7-10-3-2-9(6-12(10)15)14(16)18-21/h2-3,6,11,17,21H,4-5,7-8H2,1H3,(H2,16,18). The van der Waals surface area contributed by atoms with Crippen LogP contribution in [0.15, 0.2) is 23.4 Å². The predicted octanol–water partition coefficient (Wildman–Crippen LogP) is 0.631. The van der Waals surface area contributed by atoms with E-state index < -0.39 is 5.82 Å². The van der Waals surface area contributed by atoms with Crippen LogP contribution in [0.4, 0.5) is 4.39 Å². The van der Waals surface area contributed by atoms with Crippen molar-refractivity contribution in [3.63, 3.8) is 0 Å². The molecule has 1 atom stereocenters. The van der Waals surface area contributed by atoms with Crippen LogP contribution in [0.3, 0.4) is 0 Å². The van der Waals surface area contributed by atoms with Crippen molar-refractivity contribution in [2.24, 2.45) is 10.9 Å². The number of benzene rings is 1. The lowest BCUT2D eigenvalue weighted by atomic mass is 10.0. The van der Waals surface area contributed by atoms with E-state index in [9.17, 15) is 9.18 Å². The topological polar surface area (TPSA) is 90.9 Å². The number of nitrogens with one attached hydrogen (secondary N) is 1. The number of oxime groups is 1.